The SMILES string of the molecule is NC1CC(NC(=O)c2ccncc2F)C1. The van der Waals surface area contributed by atoms with Gasteiger partial charge in [-0.3, -0.25) is 9.78 Å². The molecule has 0 saturated heterocycles. The Morgan fingerprint density at radius 3 is 2.93 bits per heavy atom. The molecule has 0 aliphatic heterocycles. The highest BCUT2D eigenvalue weighted by Gasteiger charge is 2.27. The number of nitrogens with zero attached hydrogens (tertiary/aromatic N) is 1. The normalized spacial score (nSPS) is 24.4. The first-order valence-electron chi connectivity index (χ1n) is 4.83. The topological polar surface area (TPSA) is 68.0 Å². The molecule has 1 aromatic heterocycles. The average Bonchev–Trinajstić information content (AvgIpc) is 2.16. The molecule has 5 heteroatoms. The van der Waals surface area contributed by atoms with Crippen molar-refractivity contribution in [2.45, 2.75) is 24.9 Å². The molecule has 80 valence electrons. The van der Waals surface area contributed by atoms with Crippen molar-refractivity contribution >= 4 is 5.91 Å². The lowest BCUT2D eigenvalue weighted by molar-refractivity contribution is 0.0906. The van der Waals surface area contributed by atoms with Gasteiger partial charge in [0, 0.05) is 18.3 Å². The second kappa shape index (κ2) is 3.94. The fourth-order valence-corrected chi connectivity index (χ4v) is 1.60. The Labute approximate surface area is 86.7 Å². The summed E-state index contributed by atoms with van der Waals surface area (Å²) in [6.07, 6.45) is 3.95. The molecule has 1 fully saturated rings. The zero-order valence-electron chi connectivity index (χ0n) is 8.11. The second-order valence-corrected chi connectivity index (χ2v) is 3.76. The summed E-state index contributed by atoms with van der Waals surface area (Å²) in [7, 11) is 0. The van der Waals surface area contributed by atoms with Gasteiger partial charge in [0.15, 0.2) is 5.82 Å². The van der Waals surface area contributed by atoms with Crippen molar-refractivity contribution in [3.63, 3.8) is 0 Å². The number of amides is 1. The first kappa shape index (κ1) is 10.0. The van der Waals surface area contributed by atoms with Crippen molar-refractivity contribution in [1.82, 2.24) is 10.3 Å². The van der Waals surface area contributed by atoms with Gasteiger partial charge >= 0.3 is 0 Å². The lowest BCUT2D eigenvalue weighted by Crippen LogP contribution is -2.50. The van der Waals surface area contributed by atoms with Crippen molar-refractivity contribution in [3.8, 4) is 0 Å². The first-order chi connectivity index (χ1) is 7.16. The first-order valence-corrected chi connectivity index (χ1v) is 4.83. The zero-order chi connectivity index (χ0) is 10.8. The van der Waals surface area contributed by atoms with E-state index in [-0.39, 0.29) is 17.6 Å². The van der Waals surface area contributed by atoms with Crippen LogP contribution in [-0.2, 0) is 0 Å². The molecular weight excluding hydrogens is 197 g/mol. The summed E-state index contributed by atoms with van der Waals surface area (Å²) < 4.78 is 13.1. The van der Waals surface area contributed by atoms with Crippen LogP contribution in [0.25, 0.3) is 0 Å². The predicted octanol–water partition coefficient (Wildman–Crippen LogP) is 0.440. The largest absolute Gasteiger partial charge is 0.349 e. The number of nitrogens with two attached hydrogens (primary N) is 1. The van der Waals surface area contributed by atoms with Crippen LogP contribution in [0.2, 0.25) is 0 Å². The predicted molar refractivity (Wildman–Crippen MR) is 52.7 cm³/mol. The van der Waals surface area contributed by atoms with Crippen LogP contribution in [0.15, 0.2) is 18.5 Å². The summed E-state index contributed by atoms with van der Waals surface area (Å²) in [5.41, 5.74) is 5.61. The van der Waals surface area contributed by atoms with Gasteiger partial charge in [-0.25, -0.2) is 4.39 Å². The molecule has 15 heavy (non-hydrogen) atoms. The smallest absolute Gasteiger partial charge is 0.254 e. The minimum Gasteiger partial charge on any atom is -0.349 e. The number of aromatic nitrogens is 1. The highest BCUT2D eigenvalue weighted by Crippen LogP contribution is 2.18. The Hall–Kier alpha value is -1.49. The van der Waals surface area contributed by atoms with Crippen LogP contribution in [0, 0.1) is 5.82 Å². The highest BCUT2D eigenvalue weighted by atomic mass is 19.1. The van der Waals surface area contributed by atoms with Crippen molar-refractivity contribution < 1.29 is 9.18 Å². The summed E-state index contributed by atoms with van der Waals surface area (Å²) >= 11 is 0. The molecule has 1 heterocycles. The van der Waals surface area contributed by atoms with E-state index in [2.05, 4.69) is 10.3 Å². The van der Waals surface area contributed by atoms with E-state index in [1.165, 1.54) is 12.3 Å². The molecule has 3 N–H and O–H groups in total. The van der Waals surface area contributed by atoms with Crippen molar-refractivity contribution in [2.75, 3.05) is 0 Å². The van der Waals surface area contributed by atoms with E-state index in [0.29, 0.717) is 0 Å². The van der Waals surface area contributed by atoms with Gasteiger partial charge in [-0.1, -0.05) is 0 Å². The van der Waals surface area contributed by atoms with Crippen LogP contribution >= 0.6 is 0 Å². The number of rotatable bonds is 2. The van der Waals surface area contributed by atoms with Gasteiger partial charge in [0.25, 0.3) is 5.91 Å². The van der Waals surface area contributed by atoms with Crippen LogP contribution in [0.4, 0.5) is 4.39 Å². The summed E-state index contributed by atoms with van der Waals surface area (Å²) in [4.78, 5) is 15.1. The van der Waals surface area contributed by atoms with Crippen LogP contribution < -0.4 is 11.1 Å². The number of halogens is 1. The molecule has 1 aromatic rings. The average molecular weight is 209 g/mol. The summed E-state index contributed by atoms with van der Waals surface area (Å²) in [6.45, 7) is 0. The number of carbonyl (C=O) groups excluding carboxylic acids is 1. The fourth-order valence-electron chi connectivity index (χ4n) is 1.60. The molecular formula is C10H12FN3O. The molecule has 1 saturated carbocycles. The molecule has 0 spiro atoms. The van der Waals surface area contributed by atoms with E-state index >= 15 is 0 Å². The summed E-state index contributed by atoms with van der Waals surface area (Å²) in [5.74, 6) is -0.995. The number of hydrogen-bond acceptors (Lipinski definition) is 3. The van der Waals surface area contributed by atoms with Gasteiger partial charge in [0.05, 0.1) is 11.8 Å². The van der Waals surface area contributed by atoms with Crippen LogP contribution in [-0.4, -0.2) is 23.0 Å². The number of carbonyl (C=O) groups is 1. The Balaban J connectivity index is 1.99. The fraction of sp³-hybridized carbons (Fsp3) is 0.400. The van der Waals surface area contributed by atoms with Gasteiger partial charge in [-0.05, 0) is 18.9 Å². The Kier molecular flexibility index (Phi) is 2.64. The molecule has 0 bridgehead atoms. The third-order valence-corrected chi connectivity index (χ3v) is 2.53. The molecule has 1 aliphatic carbocycles. The maximum absolute atomic E-state index is 13.1. The van der Waals surface area contributed by atoms with Gasteiger partial charge in [-0.15, -0.1) is 0 Å². The van der Waals surface area contributed by atoms with Crippen LogP contribution in [0.1, 0.15) is 23.2 Å². The zero-order valence-corrected chi connectivity index (χ0v) is 8.11. The molecule has 2 rings (SSSR count). The minimum absolute atomic E-state index is 0.0328. The van der Waals surface area contributed by atoms with Crippen molar-refractivity contribution in [2.24, 2.45) is 5.73 Å². The summed E-state index contributed by atoms with van der Waals surface area (Å²) in [5, 5.41) is 2.72. The molecule has 1 aliphatic rings. The van der Waals surface area contributed by atoms with E-state index in [4.69, 9.17) is 5.73 Å². The van der Waals surface area contributed by atoms with E-state index in [1.807, 2.05) is 0 Å². The Bertz CT molecular complexity index is 377. The van der Waals surface area contributed by atoms with Crippen molar-refractivity contribution in [1.29, 1.82) is 0 Å². The number of hydrogen-bond donors (Lipinski definition) is 2. The lowest BCUT2D eigenvalue weighted by Gasteiger charge is -2.32. The maximum atomic E-state index is 13.1. The van der Waals surface area contributed by atoms with Gasteiger partial charge in [0.2, 0.25) is 0 Å². The van der Waals surface area contributed by atoms with E-state index < -0.39 is 11.7 Å². The molecule has 4 nitrogen and oxygen atoms in total. The molecule has 0 aromatic carbocycles. The van der Waals surface area contributed by atoms with Crippen LogP contribution in [0.3, 0.4) is 0 Å². The summed E-state index contributed by atoms with van der Waals surface area (Å²) in [6, 6.07) is 1.61. The third kappa shape index (κ3) is 2.12. The highest BCUT2D eigenvalue weighted by molar-refractivity contribution is 5.94. The minimum atomic E-state index is -0.598. The monoisotopic (exact) mass is 209 g/mol. The number of pyridine rings is 1. The number of nitrogens with one attached hydrogen (secondary N) is 1. The van der Waals surface area contributed by atoms with Crippen LogP contribution in [0.5, 0.6) is 0 Å². The molecule has 0 radical (unpaired) electrons. The van der Waals surface area contributed by atoms with Crippen molar-refractivity contribution in [3.05, 3.63) is 29.8 Å². The lowest BCUT2D eigenvalue weighted by atomic mass is 9.87. The molecule has 0 atom stereocenters. The third-order valence-electron chi connectivity index (χ3n) is 2.53. The van der Waals surface area contributed by atoms with E-state index in [0.717, 1.165) is 19.0 Å². The molecule has 0 unspecified atom stereocenters. The quantitative estimate of drug-likeness (QED) is 0.742. The molecule has 1 amide bonds. The van der Waals surface area contributed by atoms with E-state index in [1.54, 1.807) is 0 Å². The maximum Gasteiger partial charge on any atom is 0.254 e. The second-order valence-electron chi connectivity index (χ2n) is 3.76. The van der Waals surface area contributed by atoms with Gasteiger partial charge in [-0.2, -0.15) is 0 Å². The Morgan fingerprint density at radius 1 is 1.60 bits per heavy atom. The van der Waals surface area contributed by atoms with Gasteiger partial charge < -0.3 is 11.1 Å². The standard InChI is InChI=1S/C10H12FN3O/c11-9-5-13-2-1-8(9)10(15)14-7-3-6(12)4-7/h1-2,5-7H,3-4,12H2,(H,14,15). The van der Waals surface area contributed by atoms with E-state index in [9.17, 15) is 9.18 Å². The Morgan fingerprint density at radius 2 is 2.33 bits per heavy atom. The van der Waals surface area contributed by atoms with Gasteiger partial charge in [0.1, 0.15) is 0 Å².